The molecule has 3 nitrogen and oxygen atoms in total. The number of hydrogen-bond donors (Lipinski definition) is 0. The van der Waals surface area contributed by atoms with Crippen molar-refractivity contribution in [3.05, 3.63) is 36.5 Å². The maximum absolute atomic E-state index is 11.2. The lowest BCUT2D eigenvalue weighted by Gasteiger charge is -2.00. The van der Waals surface area contributed by atoms with Crippen molar-refractivity contribution < 1.29 is 13.2 Å². The van der Waals surface area contributed by atoms with Crippen LogP contribution in [0.5, 0.6) is 0 Å². The van der Waals surface area contributed by atoms with Crippen molar-refractivity contribution in [2.75, 3.05) is 5.75 Å². The van der Waals surface area contributed by atoms with Gasteiger partial charge >= 0.3 is 0 Å². The summed E-state index contributed by atoms with van der Waals surface area (Å²) < 4.78 is 22.5. The largest absolute Gasteiger partial charge is 0.282 e. The van der Waals surface area contributed by atoms with Crippen LogP contribution in [-0.4, -0.2) is 19.3 Å². The maximum atomic E-state index is 11.2. The summed E-state index contributed by atoms with van der Waals surface area (Å²) in [6, 6.07) is 0. The Morgan fingerprint density at radius 1 is 1.31 bits per heavy atom. The minimum atomic E-state index is -3.65. The second-order valence-corrected chi connectivity index (χ2v) is 4.82. The van der Waals surface area contributed by atoms with E-state index in [2.05, 4.69) is 6.58 Å². The van der Waals surface area contributed by atoms with E-state index in [1.165, 1.54) is 6.08 Å². The molecule has 0 saturated carbocycles. The highest BCUT2D eigenvalue weighted by atomic mass is 32.2. The van der Waals surface area contributed by atoms with Crippen molar-refractivity contribution in [2.24, 2.45) is 0 Å². The van der Waals surface area contributed by atoms with E-state index in [4.69, 9.17) is 0 Å². The number of sulfone groups is 1. The van der Waals surface area contributed by atoms with Crippen LogP contribution < -0.4 is 0 Å². The lowest BCUT2D eigenvalue weighted by molar-refractivity contribution is -0.109. The van der Waals surface area contributed by atoms with Gasteiger partial charge in [0.05, 0.1) is 5.75 Å². The van der Waals surface area contributed by atoms with Crippen LogP contribution in [0.25, 0.3) is 0 Å². The number of carbonyl (C=O) groups excluding carboxylic acids is 1. The Bertz CT molecular complexity index is 373. The first-order valence-electron chi connectivity index (χ1n) is 5.11. The third-order valence-electron chi connectivity index (χ3n) is 1.51. The molecule has 0 aliphatic carbocycles. The van der Waals surface area contributed by atoms with E-state index in [1.807, 2.05) is 13.8 Å². The number of carbonyl (C=O) groups is 1. The third kappa shape index (κ3) is 7.17. The first-order chi connectivity index (χ1) is 7.44. The van der Waals surface area contributed by atoms with Crippen molar-refractivity contribution in [1.82, 2.24) is 0 Å². The summed E-state index contributed by atoms with van der Waals surface area (Å²) in [4.78, 5) is 10.7. The molecule has 4 heteroatoms. The zero-order valence-corrected chi connectivity index (χ0v) is 11.2. The molecule has 0 aromatic carbocycles. The molecular weight excluding hydrogens is 224 g/mol. The Morgan fingerprint density at radius 3 is 2.12 bits per heavy atom. The summed E-state index contributed by atoms with van der Waals surface area (Å²) in [6.07, 6.45) is 6.42. The van der Waals surface area contributed by atoms with Crippen molar-refractivity contribution in [2.45, 2.75) is 27.7 Å². The molecule has 0 radical (unpaired) electrons. The molecule has 0 spiro atoms. The first-order valence-corrected chi connectivity index (χ1v) is 6.77. The average molecular weight is 244 g/mol. The summed E-state index contributed by atoms with van der Waals surface area (Å²) in [5, 5.41) is -0.808. The molecule has 0 atom stereocenters. The fourth-order valence-corrected chi connectivity index (χ4v) is 1.67. The van der Waals surface area contributed by atoms with Crippen LogP contribution >= 0.6 is 0 Å². The van der Waals surface area contributed by atoms with E-state index in [0.29, 0.717) is 5.57 Å². The molecule has 0 N–H and O–H groups in total. The third-order valence-corrected chi connectivity index (χ3v) is 3.10. The highest BCUT2D eigenvalue weighted by molar-refractivity contribution is 8.06. The SMILES string of the molecule is C=C/C=C(\C=C/C)CS(=O)(=O)C(C)=O.CC. The quantitative estimate of drug-likeness (QED) is 0.714. The van der Waals surface area contributed by atoms with Crippen molar-refractivity contribution in [3.63, 3.8) is 0 Å². The van der Waals surface area contributed by atoms with Gasteiger partial charge in [-0.3, -0.25) is 4.79 Å². The van der Waals surface area contributed by atoms with Crippen LogP contribution in [-0.2, 0) is 14.6 Å². The van der Waals surface area contributed by atoms with Crippen LogP contribution in [0.1, 0.15) is 27.7 Å². The molecule has 0 heterocycles. The van der Waals surface area contributed by atoms with E-state index >= 15 is 0 Å². The summed E-state index contributed by atoms with van der Waals surface area (Å²) in [7, 11) is -3.65. The van der Waals surface area contributed by atoms with Crippen molar-refractivity contribution >= 4 is 15.0 Å². The molecule has 0 amide bonds. The molecule has 0 rings (SSSR count). The van der Waals surface area contributed by atoms with Gasteiger partial charge in [0.15, 0.2) is 0 Å². The Balaban J connectivity index is 0. The van der Waals surface area contributed by atoms with Gasteiger partial charge < -0.3 is 0 Å². The molecular formula is C12H20O3S. The zero-order valence-electron chi connectivity index (χ0n) is 10.4. The minimum absolute atomic E-state index is 0.265. The van der Waals surface area contributed by atoms with E-state index in [-0.39, 0.29) is 5.75 Å². The highest BCUT2D eigenvalue weighted by Gasteiger charge is 2.17. The van der Waals surface area contributed by atoms with Gasteiger partial charge in [0, 0.05) is 6.92 Å². The Hall–Kier alpha value is -1.16. The van der Waals surface area contributed by atoms with Crippen molar-refractivity contribution in [1.29, 1.82) is 0 Å². The van der Waals surface area contributed by atoms with Gasteiger partial charge in [0.25, 0.3) is 0 Å². The van der Waals surface area contributed by atoms with Gasteiger partial charge in [0.2, 0.25) is 15.0 Å². The van der Waals surface area contributed by atoms with Gasteiger partial charge in [-0.2, -0.15) is 0 Å². The van der Waals surface area contributed by atoms with Gasteiger partial charge in [0.1, 0.15) is 0 Å². The van der Waals surface area contributed by atoms with E-state index in [0.717, 1.165) is 6.92 Å². The summed E-state index contributed by atoms with van der Waals surface area (Å²) >= 11 is 0. The van der Waals surface area contributed by atoms with Crippen LogP contribution in [0.3, 0.4) is 0 Å². The predicted octanol–water partition coefficient (Wildman–Crippen LogP) is 2.66. The second-order valence-electron chi connectivity index (χ2n) is 2.73. The van der Waals surface area contributed by atoms with Gasteiger partial charge in [-0.15, -0.1) is 0 Å². The molecule has 0 aliphatic heterocycles. The Kier molecular flexibility index (Phi) is 9.80. The van der Waals surface area contributed by atoms with E-state index in [9.17, 15) is 13.2 Å². The molecule has 0 aromatic heterocycles. The van der Waals surface area contributed by atoms with E-state index < -0.39 is 15.0 Å². The van der Waals surface area contributed by atoms with E-state index in [1.54, 1.807) is 25.2 Å². The Labute approximate surface area is 98.5 Å². The maximum Gasteiger partial charge on any atom is 0.243 e. The lowest BCUT2D eigenvalue weighted by atomic mass is 10.2. The molecule has 92 valence electrons. The fraction of sp³-hybridized carbons (Fsp3) is 0.417. The Morgan fingerprint density at radius 2 is 1.81 bits per heavy atom. The van der Waals surface area contributed by atoms with Crippen LogP contribution in [0, 0.1) is 0 Å². The van der Waals surface area contributed by atoms with Gasteiger partial charge in [-0.1, -0.05) is 44.7 Å². The average Bonchev–Trinajstić information content (AvgIpc) is 2.20. The molecule has 0 unspecified atom stereocenters. The van der Waals surface area contributed by atoms with Gasteiger partial charge in [-0.25, -0.2) is 8.42 Å². The molecule has 0 aliphatic rings. The number of allylic oxidation sites excluding steroid dienone is 4. The lowest BCUT2D eigenvalue weighted by Crippen LogP contribution is -2.15. The predicted molar refractivity (Wildman–Crippen MR) is 68.9 cm³/mol. The summed E-state index contributed by atoms with van der Waals surface area (Å²) in [5.74, 6) is -0.265. The second kappa shape index (κ2) is 9.09. The monoisotopic (exact) mass is 244 g/mol. The molecule has 16 heavy (non-hydrogen) atoms. The number of rotatable bonds is 4. The first kappa shape index (κ1) is 17.2. The molecule has 0 saturated heterocycles. The van der Waals surface area contributed by atoms with Gasteiger partial charge in [-0.05, 0) is 12.5 Å². The fourth-order valence-electron chi connectivity index (χ4n) is 0.838. The summed E-state index contributed by atoms with van der Waals surface area (Å²) in [6.45, 7) is 10.3. The minimum Gasteiger partial charge on any atom is -0.282 e. The smallest absolute Gasteiger partial charge is 0.243 e. The van der Waals surface area contributed by atoms with Crippen molar-refractivity contribution in [3.8, 4) is 0 Å². The highest BCUT2D eigenvalue weighted by Crippen LogP contribution is 2.04. The molecule has 0 fully saturated rings. The molecule has 0 bridgehead atoms. The normalized spacial score (nSPS) is 11.9. The summed E-state index contributed by atoms with van der Waals surface area (Å²) in [5.41, 5.74) is 0.553. The number of hydrogen-bond acceptors (Lipinski definition) is 3. The molecule has 0 aromatic rings. The topological polar surface area (TPSA) is 51.2 Å². The van der Waals surface area contributed by atoms with Crippen LogP contribution in [0.4, 0.5) is 0 Å². The zero-order chi connectivity index (χ0) is 13.2. The van der Waals surface area contributed by atoms with Crippen LogP contribution in [0.2, 0.25) is 0 Å². The standard InChI is InChI=1S/C10H14O3S.C2H6/c1-4-6-10(7-5-2)8-14(12,13)9(3)11;1-2/h4-7H,1,8H2,2-3H3;1-2H3/b7-5-,10-6+;. The van der Waals surface area contributed by atoms with Crippen LogP contribution in [0.15, 0.2) is 36.5 Å².